The Morgan fingerprint density at radius 2 is 0.316 bits per heavy atom. The molecule has 25 heteroatoms. The number of ether oxygens (including phenoxy) is 18. The van der Waals surface area contributed by atoms with E-state index >= 15 is 0 Å². The Morgan fingerprint density at radius 3 is 0.494 bits per heavy atom. The highest BCUT2D eigenvalue weighted by Crippen LogP contribution is 1.84. The molecule has 0 saturated carbocycles. The summed E-state index contributed by atoms with van der Waals surface area (Å²) in [5, 5.41) is 55.6. The molecule has 0 aromatic heterocycles. The first-order valence-corrected chi connectivity index (χ1v) is 27.5. The molecule has 0 rings (SSSR count). The van der Waals surface area contributed by atoms with Gasteiger partial charge in [-0.25, -0.2) is 0 Å². The predicted molar refractivity (Wildman–Crippen MR) is 311 cm³/mol. The molecule has 0 atom stereocenters. The molecule has 0 aliphatic carbocycles. The fraction of sp³-hybridized carbons (Fsp3) is 1.00. The average Bonchev–Trinajstić information content (AvgIpc) is 3.47. The number of hydrogen-bond acceptors (Lipinski definition) is 25. The summed E-state index contributed by atoms with van der Waals surface area (Å²) in [4.78, 5) is 0. The van der Waals surface area contributed by atoms with Gasteiger partial charge in [0, 0.05) is 103 Å². The summed E-state index contributed by atoms with van der Waals surface area (Å²) < 4.78 is 87.4. The van der Waals surface area contributed by atoms with Crippen molar-refractivity contribution in [2.45, 2.75) is 74.1 Å². The van der Waals surface area contributed by atoms with Crippen LogP contribution in [0.1, 0.15) is 74.1 Å². The summed E-state index contributed by atoms with van der Waals surface area (Å²) in [6.45, 7) is 33.0. The van der Waals surface area contributed by atoms with Gasteiger partial charge >= 0.3 is 0 Å². The van der Waals surface area contributed by atoms with Crippen molar-refractivity contribution in [2.24, 2.45) is 0 Å². The van der Waals surface area contributed by atoms with Crippen LogP contribution in [-0.4, -0.2) is 324 Å². The van der Waals surface area contributed by atoms with Gasteiger partial charge < -0.3 is 121 Å². The molecule has 25 nitrogen and oxygen atoms in total. The summed E-state index contributed by atoms with van der Waals surface area (Å²) in [7, 11) is 13.1. The minimum atomic E-state index is -0.125. The third kappa shape index (κ3) is 214. The van der Waals surface area contributed by atoms with Crippen molar-refractivity contribution in [1.29, 1.82) is 0 Å². The number of aliphatic hydroxyl groups excluding tert-OH is 7. The van der Waals surface area contributed by atoms with Crippen molar-refractivity contribution < 1.29 is 121 Å². The summed E-state index contributed by atoms with van der Waals surface area (Å²) in [5.41, 5.74) is 0. The van der Waals surface area contributed by atoms with Crippen LogP contribution in [0.25, 0.3) is 0 Å². The van der Waals surface area contributed by atoms with E-state index in [4.69, 9.17) is 97.3 Å². The molecule has 79 heavy (non-hydrogen) atoms. The van der Waals surface area contributed by atoms with Gasteiger partial charge in [-0.15, -0.1) is 0 Å². The van der Waals surface area contributed by atoms with Crippen molar-refractivity contribution in [3.63, 3.8) is 0 Å². The molecule has 0 aromatic rings. The number of methoxy groups -OCH3 is 8. The summed E-state index contributed by atoms with van der Waals surface area (Å²) in [6.07, 6.45) is 4.36. The highest BCUT2D eigenvalue weighted by atomic mass is 16.6. The first-order chi connectivity index (χ1) is 38.6. The van der Waals surface area contributed by atoms with Crippen LogP contribution in [0.4, 0.5) is 0 Å². The second-order valence-corrected chi connectivity index (χ2v) is 13.9. The molecule has 0 spiro atoms. The SMILES string of the molecule is CCCOCCOC.CCCOCCOCC.CCCOCCOCCC.CCOCCO.CCOCCOC.COCCO.COCCOC.COCCOCCO.COCCOCCOC.OCCO.OCCOCCO. The van der Waals surface area contributed by atoms with Crippen LogP contribution < -0.4 is 0 Å². The normalized spacial score (nSPS) is 9.49. The Bertz CT molecular complexity index is 640. The molecule has 0 aliphatic heterocycles. The molecule has 0 aromatic carbocycles. The lowest BCUT2D eigenvalue weighted by atomic mass is 10.5. The molecular weight excluding hydrogens is 1050 g/mol. The van der Waals surface area contributed by atoms with Gasteiger partial charge in [0.25, 0.3) is 0 Å². The van der Waals surface area contributed by atoms with Gasteiger partial charge in [-0.2, -0.15) is 0 Å². The average molecular weight is 1180 g/mol. The zero-order valence-electron chi connectivity index (χ0n) is 53.1. The smallest absolute Gasteiger partial charge is 0.0701 e. The topological polar surface area (TPSA) is 308 Å². The molecule has 0 heterocycles. The van der Waals surface area contributed by atoms with Crippen molar-refractivity contribution in [2.75, 3.05) is 288 Å². The summed E-state index contributed by atoms with van der Waals surface area (Å²) in [6, 6.07) is 0. The molecule has 0 saturated heterocycles. The van der Waals surface area contributed by atoms with E-state index in [0.717, 1.165) is 98.4 Å². The van der Waals surface area contributed by atoms with Gasteiger partial charge in [0.05, 0.1) is 185 Å². The van der Waals surface area contributed by atoms with E-state index in [9.17, 15) is 0 Å². The van der Waals surface area contributed by atoms with E-state index < -0.39 is 0 Å². The molecule has 0 radical (unpaired) electrons. The lowest BCUT2D eigenvalue weighted by Gasteiger charge is -2.02. The van der Waals surface area contributed by atoms with Gasteiger partial charge in [-0.1, -0.05) is 27.7 Å². The molecule has 0 aliphatic rings. The standard InChI is InChI=1S/C8H18O2.C7H16O2.C6H14O3.C6H14O2.C5H12O3.C5H12O2.C4H10O3.2C4H10O2.C3H8O2.C2H6O2/c1-3-5-9-7-8-10-6-4-2;1-3-5-9-7-6-8-4-2;1-7-3-5-9-6-4-8-2;1-3-4-8-6-5-7-2;1-7-4-5-8-3-2-6;1-3-7-5-4-6-2;5-1-3-7-4-2-6;1-5-3-4-6-2;1-2-6-4-3-5;1-5-3-2-4;3-1-2-4/h3-8H2,1-2H3;3-7H2,1-2H3;3-6H2,1-2H3;3-6H2,1-2H3;6H,2-5H2,1H3;3-5H2,1-2H3;5-6H,1-4H2;3-4H2,1-2H3;5H,2-4H2,1H3;4H,2-3H2,1H3;3-4H,1-2H2. The van der Waals surface area contributed by atoms with Gasteiger partial charge in [0.15, 0.2) is 0 Å². The molecule has 0 unspecified atom stereocenters. The predicted octanol–water partition coefficient (Wildman–Crippen LogP) is 2.83. The van der Waals surface area contributed by atoms with Crippen LogP contribution in [0.15, 0.2) is 0 Å². The van der Waals surface area contributed by atoms with E-state index in [1.165, 1.54) is 0 Å². The zero-order chi connectivity index (χ0) is 62.3. The van der Waals surface area contributed by atoms with Crippen LogP contribution in [0.2, 0.25) is 0 Å². The van der Waals surface area contributed by atoms with E-state index in [1.54, 1.807) is 56.9 Å². The largest absolute Gasteiger partial charge is 0.394 e. The van der Waals surface area contributed by atoms with Crippen LogP contribution in [0.3, 0.4) is 0 Å². The summed E-state index contributed by atoms with van der Waals surface area (Å²) in [5.74, 6) is 0. The fourth-order valence-corrected chi connectivity index (χ4v) is 3.19. The van der Waals surface area contributed by atoms with Crippen LogP contribution in [0.5, 0.6) is 0 Å². The Kier molecular flexibility index (Phi) is 185. The maximum Gasteiger partial charge on any atom is 0.0701 e. The second-order valence-electron chi connectivity index (χ2n) is 13.9. The van der Waals surface area contributed by atoms with Gasteiger partial charge in [0.1, 0.15) is 0 Å². The molecule has 0 fully saturated rings. The fourth-order valence-electron chi connectivity index (χ4n) is 3.19. The molecule has 0 bridgehead atoms. The molecule has 7 N–H and O–H groups in total. The Labute approximate surface area is 482 Å². The number of rotatable bonds is 46. The lowest BCUT2D eigenvalue weighted by molar-refractivity contribution is 0.0385. The summed E-state index contributed by atoms with van der Waals surface area (Å²) >= 11 is 0. The minimum Gasteiger partial charge on any atom is -0.394 e. The second kappa shape index (κ2) is 142. The van der Waals surface area contributed by atoms with Crippen molar-refractivity contribution >= 4 is 0 Å². The number of hydrogen-bond donors (Lipinski definition) is 7. The van der Waals surface area contributed by atoms with Gasteiger partial charge in [0.2, 0.25) is 0 Å². The van der Waals surface area contributed by atoms with E-state index in [1.807, 2.05) is 20.8 Å². The highest BCUT2D eigenvalue weighted by Gasteiger charge is 1.88. The van der Waals surface area contributed by atoms with E-state index in [0.29, 0.717) is 112 Å². The Hall–Kier alpha value is -1.00. The van der Waals surface area contributed by atoms with Crippen molar-refractivity contribution in [3.8, 4) is 0 Å². The first-order valence-electron chi connectivity index (χ1n) is 27.5. The van der Waals surface area contributed by atoms with Crippen LogP contribution >= 0.6 is 0 Å². The van der Waals surface area contributed by atoms with Gasteiger partial charge in [-0.05, 0) is 46.5 Å². The van der Waals surface area contributed by atoms with Gasteiger partial charge in [-0.3, -0.25) is 0 Å². The number of aliphatic hydroxyl groups is 7. The van der Waals surface area contributed by atoms with Crippen molar-refractivity contribution in [3.05, 3.63) is 0 Å². The minimum absolute atomic E-state index is 0.0278. The maximum absolute atomic E-state index is 8.20. The third-order valence-electron chi connectivity index (χ3n) is 6.74. The lowest BCUT2D eigenvalue weighted by Crippen LogP contribution is -2.06. The molecule has 496 valence electrons. The highest BCUT2D eigenvalue weighted by molar-refractivity contribution is 4.32. The molecule has 0 amide bonds. The Balaban J connectivity index is -0.0000000721. The maximum atomic E-state index is 8.20. The van der Waals surface area contributed by atoms with E-state index in [2.05, 4.69) is 51.4 Å². The quantitative estimate of drug-likeness (QED) is 0.0431. The zero-order valence-corrected chi connectivity index (χ0v) is 53.1. The monoisotopic (exact) mass is 1180 g/mol. The molecular formula is C54H130O25. The van der Waals surface area contributed by atoms with Crippen LogP contribution in [-0.2, 0) is 85.3 Å². The third-order valence-corrected chi connectivity index (χ3v) is 6.74. The van der Waals surface area contributed by atoms with E-state index in [-0.39, 0.29) is 46.2 Å². The first kappa shape index (κ1) is 103. The van der Waals surface area contributed by atoms with Crippen molar-refractivity contribution in [1.82, 2.24) is 0 Å². The Morgan fingerprint density at radius 1 is 0.165 bits per heavy atom. The van der Waals surface area contributed by atoms with Crippen LogP contribution in [0, 0.1) is 0 Å².